The van der Waals surface area contributed by atoms with Gasteiger partial charge in [-0.2, -0.15) is 0 Å². The highest BCUT2D eigenvalue weighted by atomic mass is 16.6. The molecule has 0 saturated heterocycles. The molecule has 0 aliphatic carbocycles. The lowest BCUT2D eigenvalue weighted by atomic mass is 10.3. The fourth-order valence-electron chi connectivity index (χ4n) is 0.838. The van der Waals surface area contributed by atoms with Crippen molar-refractivity contribution in [1.29, 1.82) is 0 Å². The molecule has 0 saturated carbocycles. The molecule has 0 aliphatic heterocycles. The molecule has 1 atom stereocenters. The van der Waals surface area contributed by atoms with Crippen molar-refractivity contribution in [3.63, 3.8) is 0 Å². The van der Waals surface area contributed by atoms with Gasteiger partial charge in [-0.15, -0.1) is 0 Å². The predicted molar refractivity (Wildman–Crippen MR) is 46.4 cm³/mol. The fourth-order valence-corrected chi connectivity index (χ4v) is 0.838. The molecule has 0 fully saturated rings. The number of ether oxygens (including phenoxy) is 2. The van der Waals surface area contributed by atoms with Crippen LogP contribution >= 0.6 is 0 Å². The molecule has 0 amide bonds. The molecule has 0 bridgehead atoms. The minimum atomic E-state index is -0.870. The molecule has 0 spiro atoms. The van der Waals surface area contributed by atoms with E-state index < -0.39 is 6.29 Å². The number of hydrogen-bond donors (Lipinski definition) is 0. The van der Waals surface area contributed by atoms with E-state index in [2.05, 4.69) is 0 Å². The summed E-state index contributed by atoms with van der Waals surface area (Å²) in [7, 11) is 0. The van der Waals surface area contributed by atoms with Crippen LogP contribution in [0, 0.1) is 0 Å². The topological polar surface area (TPSA) is 38.4 Å². The van der Waals surface area contributed by atoms with E-state index >= 15 is 0 Å². The maximum Gasteiger partial charge on any atom is 0.191 e. The van der Waals surface area contributed by atoms with E-state index in [-0.39, 0.29) is 6.10 Å². The zero-order valence-electron chi connectivity index (χ0n) is 8.21. The van der Waals surface area contributed by atoms with Gasteiger partial charge >= 0.3 is 0 Å². The second-order valence-corrected chi connectivity index (χ2v) is 2.95. The van der Waals surface area contributed by atoms with E-state index in [0.29, 0.717) is 19.6 Å². The zero-order valence-corrected chi connectivity index (χ0v) is 8.21. The third kappa shape index (κ3) is 7.98. The predicted octanol–water partition coefficient (Wildman–Crippen LogP) is 1.98. The Balaban J connectivity index is 3.08. The average molecular weight is 175 g/mol. The summed E-state index contributed by atoms with van der Waals surface area (Å²) >= 11 is 0. The SMILES string of the molecule is CCOC([O])CCCOC(C)C. The summed E-state index contributed by atoms with van der Waals surface area (Å²) in [5.74, 6) is 0. The number of rotatable bonds is 7. The normalized spacial score (nSPS) is 13.8. The van der Waals surface area contributed by atoms with E-state index in [0.717, 1.165) is 6.42 Å². The van der Waals surface area contributed by atoms with Gasteiger partial charge in [-0.25, -0.2) is 5.11 Å². The van der Waals surface area contributed by atoms with Gasteiger partial charge in [0.2, 0.25) is 0 Å². The largest absolute Gasteiger partial charge is 0.379 e. The lowest BCUT2D eigenvalue weighted by Gasteiger charge is -2.09. The fraction of sp³-hybridized carbons (Fsp3) is 1.00. The summed E-state index contributed by atoms with van der Waals surface area (Å²) in [4.78, 5) is 0. The molecule has 3 nitrogen and oxygen atoms in total. The maximum atomic E-state index is 10.9. The van der Waals surface area contributed by atoms with Crippen LogP contribution in [-0.4, -0.2) is 25.6 Å². The molecule has 3 heteroatoms. The van der Waals surface area contributed by atoms with Gasteiger partial charge in [-0.05, 0) is 27.2 Å². The molecule has 0 aliphatic rings. The van der Waals surface area contributed by atoms with E-state index in [1.807, 2.05) is 20.8 Å². The third-order valence-corrected chi connectivity index (χ3v) is 1.39. The average Bonchev–Trinajstić information content (AvgIpc) is 1.98. The zero-order chi connectivity index (χ0) is 9.40. The molecule has 0 aromatic heterocycles. The van der Waals surface area contributed by atoms with Crippen LogP contribution in [0.3, 0.4) is 0 Å². The Morgan fingerprint density at radius 3 is 2.42 bits per heavy atom. The van der Waals surface area contributed by atoms with Gasteiger partial charge in [-0.1, -0.05) is 0 Å². The lowest BCUT2D eigenvalue weighted by Crippen LogP contribution is -2.12. The molecular weight excluding hydrogens is 156 g/mol. The molecule has 0 heterocycles. The van der Waals surface area contributed by atoms with Crippen LogP contribution in [-0.2, 0) is 14.6 Å². The van der Waals surface area contributed by atoms with Gasteiger partial charge in [0, 0.05) is 19.6 Å². The van der Waals surface area contributed by atoms with E-state index in [9.17, 15) is 5.11 Å². The second-order valence-electron chi connectivity index (χ2n) is 2.95. The lowest BCUT2D eigenvalue weighted by molar-refractivity contribution is -0.142. The molecule has 0 aromatic carbocycles. The van der Waals surface area contributed by atoms with E-state index in [4.69, 9.17) is 9.47 Å². The van der Waals surface area contributed by atoms with Crippen LogP contribution in [0.2, 0.25) is 0 Å². The smallest absolute Gasteiger partial charge is 0.191 e. The Morgan fingerprint density at radius 1 is 1.25 bits per heavy atom. The Hall–Kier alpha value is -0.120. The minimum Gasteiger partial charge on any atom is -0.379 e. The molecule has 73 valence electrons. The summed E-state index contributed by atoms with van der Waals surface area (Å²) in [6, 6.07) is 0. The van der Waals surface area contributed by atoms with Crippen molar-refractivity contribution in [2.24, 2.45) is 0 Å². The number of hydrogen-bond acceptors (Lipinski definition) is 2. The molecule has 0 rings (SSSR count). The molecular formula is C9H19O3. The van der Waals surface area contributed by atoms with E-state index in [1.54, 1.807) is 0 Å². The highest BCUT2D eigenvalue weighted by Gasteiger charge is 2.04. The van der Waals surface area contributed by atoms with Crippen molar-refractivity contribution < 1.29 is 14.6 Å². The molecule has 1 unspecified atom stereocenters. The monoisotopic (exact) mass is 175 g/mol. The van der Waals surface area contributed by atoms with Crippen molar-refractivity contribution in [3.05, 3.63) is 0 Å². The maximum absolute atomic E-state index is 10.9. The van der Waals surface area contributed by atoms with Gasteiger partial charge in [0.25, 0.3) is 0 Å². The second kappa shape index (κ2) is 7.53. The van der Waals surface area contributed by atoms with Crippen LogP contribution in [0.1, 0.15) is 33.6 Å². The van der Waals surface area contributed by atoms with Crippen molar-refractivity contribution in [3.8, 4) is 0 Å². The van der Waals surface area contributed by atoms with Crippen LogP contribution in [0.15, 0.2) is 0 Å². The quantitative estimate of drug-likeness (QED) is 0.438. The van der Waals surface area contributed by atoms with Crippen molar-refractivity contribution in [1.82, 2.24) is 0 Å². The van der Waals surface area contributed by atoms with Crippen LogP contribution in [0.4, 0.5) is 0 Å². The van der Waals surface area contributed by atoms with Crippen molar-refractivity contribution in [2.75, 3.05) is 13.2 Å². The van der Waals surface area contributed by atoms with Gasteiger partial charge in [-0.3, -0.25) is 0 Å². The molecule has 12 heavy (non-hydrogen) atoms. The summed E-state index contributed by atoms with van der Waals surface area (Å²) in [5, 5.41) is 10.9. The molecule has 0 N–H and O–H groups in total. The highest BCUT2D eigenvalue weighted by Crippen LogP contribution is 2.00. The van der Waals surface area contributed by atoms with Crippen molar-refractivity contribution >= 4 is 0 Å². The molecule has 0 aromatic rings. The summed E-state index contributed by atoms with van der Waals surface area (Å²) < 4.78 is 10.1. The Labute approximate surface area is 74.7 Å². The standard InChI is InChI=1S/C9H19O3/c1-4-11-9(10)6-5-7-12-8(2)3/h8-9H,4-7H2,1-3H3. The third-order valence-electron chi connectivity index (χ3n) is 1.39. The van der Waals surface area contributed by atoms with Crippen molar-refractivity contribution in [2.45, 2.75) is 46.0 Å². The summed E-state index contributed by atoms with van der Waals surface area (Å²) in [6.07, 6.45) is 0.709. The van der Waals surface area contributed by atoms with Gasteiger partial charge < -0.3 is 9.47 Å². The molecule has 1 radical (unpaired) electrons. The summed E-state index contributed by atoms with van der Waals surface area (Å²) in [6.45, 7) is 6.95. The van der Waals surface area contributed by atoms with Gasteiger partial charge in [0.05, 0.1) is 6.10 Å². The first-order chi connectivity index (χ1) is 5.66. The Kier molecular flexibility index (Phi) is 7.45. The van der Waals surface area contributed by atoms with Gasteiger partial charge in [0.15, 0.2) is 6.29 Å². The highest BCUT2D eigenvalue weighted by molar-refractivity contribution is 4.44. The van der Waals surface area contributed by atoms with Crippen LogP contribution < -0.4 is 0 Å². The first-order valence-electron chi connectivity index (χ1n) is 4.55. The Morgan fingerprint density at radius 2 is 1.92 bits per heavy atom. The Bertz CT molecular complexity index is 93.8. The van der Waals surface area contributed by atoms with Crippen LogP contribution in [0.25, 0.3) is 0 Å². The summed E-state index contributed by atoms with van der Waals surface area (Å²) in [5.41, 5.74) is 0. The first-order valence-corrected chi connectivity index (χ1v) is 4.55. The first kappa shape index (κ1) is 11.9. The van der Waals surface area contributed by atoms with Crippen LogP contribution in [0.5, 0.6) is 0 Å². The van der Waals surface area contributed by atoms with E-state index in [1.165, 1.54) is 0 Å². The minimum absolute atomic E-state index is 0.252. The van der Waals surface area contributed by atoms with Gasteiger partial charge in [0.1, 0.15) is 0 Å².